The van der Waals surface area contributed by atoms with Gasteiger partial charge in [-0.1, -0.05) is 31.0 Å². The Bertz CT molecular complexity index is 790. The van der Waals surface area contributed by atoms with Gasteiger partial charge in [-0.05, 0) is 31.9 Å². The van der Waals surface area contributed by atoms with Crippen molar-refractivity contribution in [2.24, 2.45) is 0 Å². The lowest BCUT2D eigenvalue weighted by Crippen LogP contribution is -2.59. The molecule has 0 bridgehead atoms. The summed E-state index contributed by atoms with van der Waals surface area (Å²) < 4.78 is 0. The zero-order valence-corrected chi connectivity index (χ0v) is 15.2. The van der Waals surface area contributed by atoms with Crippen LogP contribution < -0.4 is 15.2 Å². The molecule has 136 valence electrons. The molecule has 2 aromatic rings. The van der Waals surface area contributed by atoms with Gasteiger partial charge >= 0.3 is 6.03 Å². The van der Waals surface area contributed by atoms with Crippen LogP contribution in [0, 0.1) is 0 Å². The average Bonchev–Trinajstić information content (AvgIpc) is 3.19. The molecule has 0 spiro atoms. The average molecular weight is 352 g/mol. The molecular formula is C19H24N6O. The van der Waals surface area contributed by atoms with Gasteiger partial charge in [0.05, 0.1) is 12.2 Å². The van der Waals surface area contributed by atoms with Crippen molar-refractivity contribution >= 4 is 29.2 Å². The first-order chi connectivity index (χ1) is 12.7. The third-order valence-electron chi connectivity index (χ3n) is 5.10. The summed E-state index contributed by atoms with van der Waals surface area (Å²) in [5.41, 5.74) is 1.69. The lowest BCUT2D eigenvalue weighted by Gasteiger charge is -2.45. The second kappa shape index (κ2) is 6.82. The minimum Gasteiger partial charge on any atom is -0.324 e. The number of nitrogens with zero attached hydrogens (tertiary/aromatic N) is 5. The van der Waals surface area contributed by atoms with Crippen LogP contribution in [-0.4, -0.2) is 40.6 Å². The molecule has 1 aromatic carbocycles. The van der Waals surface area contributed by atoms with Gasteiger partial charge in [-0.15, -0.1) is 0 Å². The van der Waals surface area contributed by atoms with E-state index >= 15 is 0 Å². The van der Waals surface area contributed by atoms with E-state index in [9.17, 15) is 4.79 Å². The third kappa shape index (κ3) is 2.83. The SMILES string of the molecule is CCN1C(=O)N(C)c2cnc(Nc3ccccc3)nc2N1C1CCCC1. The van der Waals surface area contributed by atoms with Gasteiger partial charge in [-0.2, -0.15) is 4.98 Å². The number of nitrogens with one attached hydrogen (secondary N) is 1. The summed E-state index contributed by atoms with van der Waals surface area (Å²) in [6.07, 6.45) is 6.29. The van der Waals surface area contributed by atoms with E-state index in [2.05, 4.69) is 15.3 Å². The van der Waals surface area contributed by atoms with Gasteiger partial charge in [0, 0.05) is 19.3 Å². The van der Waals surface area contributed by atoms with Crippen LogP contribution in [-0.2, 0) is 0 Å². The molecule has 0 unspecified atom stereocenters. The van der Waals surface area contributed by atoms with Gasteiger partial charge < -0.3 is 5.32 Å². The Kier molecular flexibility index (Phi) is 4.36. The van der Waals surface area contributed by atoms with E-state index in [1.807, 2.05) is 37.3 Å². The third-order valence-corrected chi connectivity index (χ3v) is 5.10. The van der Waals surface area contributed by atoms with Gasteiger partial charge in [-0.3, -0.25) is 9.91 Å². The number of hydrogen-bond acceptors (Lipinski definition) is 5. The van der Waals surface area contributed by atoms with Crippen molar-refractivity contribution < 1.29 is 4.79 Å². The maximum atomic E-state index is 12.8. The lowest BCUT2D eigenvalue weighted by atomic mass is 10.2. The van der Waals surface area contributed by atoms with E-state index in [1.54, 1.807) is 23.2 Å². The highest BCUT2D eigenvalue weighted by Gasteiger charge is 2.39. The second-order valence-electron chi connectivity index (χ2n) is 6.73. The molecule has 7 heteroatoms. The Balaban J connectivity index is 1.74. The molecule has 1 saturated carbocycles. The van der Waals surface area contributed by atoms with Gasteiger partial charge in [0.2, 0.25) is 5.95 Å². The monoisotopic (exact) mass is 352 g/mol. The highest BCUT2D eigenvalue weighted by atomic mass is 16.2. The molecule has 1 aliphatic heterocycles. The predicted molar refractivity (Wildman–Crippen MR) is 103 cm³/mol. The van der Waals surface area contributed by atoms with Crippen LogP contribution in [0.3, 0.4) is 0 Å². The molecule has 4 rings (SSSR count). The molecule has 1 fully saturated rings. The fourth-order valence-corrected chi connectivity index (χ4v) is 3.77. The van der Waals surface area contributed by atoms with E-state index in [-0.39, 0.29) is 6.03 Å². The fraction of sp³-hybridized carbons (Fsp3) is 0.421. The first-order valence-electron chi connectivity index (χ1n) is 9.22. The molecule has 26 heavy (non-hydrogen) atoms. The molecule has 2 aliphatic rings. The number of aromatic nitrogens is 2. The topological polar surface area (TPSA) is 64.6 Å². The zero-order valence-electron chi connectivity index (χ0n) is 15.2. The number of carbonyl (C=O) groups excluding carboxylic acids is 1. The van der Waals surface area contributed by atoms with Crippen molar-refractivity contribution in [3.8, 4) is 0 Å². The summed E-state index contributed by atoms with van der Waals surface area (Å²) in [4.78, 5) is 23.6. The zero-order chi connectivity index (χ0) is 18.1. The van der Waals surface area contributed by atoms with Crippen LogP contribution in [0.15, 0.2) is 36.5 Å². The molecule has 2 amide bonds. The van der Waals surface area contributed by atoms with Crippen LogP contribution >= 0.6 is 0 Å². The number of rotatable bonds is 4. The first-order valence-corrected chi connectivity index (χ1v) is 9.22. The summed E-state index contributed by atoms with van der Waals surface area (Å²) in [5.74, 6) is 1.34. The minimum absolute atomic E-state index is 0.0285. The predicted octanol–water partition coefficient (Wildman–Crippen LogP) is 3.78. The normalized spacial score (nSPS) is 17.6. The second-order valence-corrected chi connectivity index (χ2v) is 6.73. The van der Waals surface area contributed by atoms with Crippen molar-refractivity contribution in [1.29, 1.82) is 0 Å². The standard InChI is InChI=1S/C19H24N6O/c1-3-24-19(26)23(2)16-13-20-18(21-14-9-5-4-6-10-14)22-17(16)25(24)15-11-7-8-12-15/h4-6,9-10,13,15H,3,7-8,11-12H2,1-2H3,(H,20,21,22). The Labute approximate surface area is 153 Å². The Hall–Kier alpha value is -2.83. The molecule has 0 radical (unpaired) electrons. The molecule has 0 saturated heterocycles. The van der Waals surface area contributed by atoms with E-state index in [0.29, 0.717) is 18.5 Å². The van der Waals surface area contributed by atoms with Crippen molar-refractivity contribution in [1.82, 2.24) is 15.0 Å². The van der Waals surface area contributed by atoms with Crippen molar-refractivity contribution in [3.63, 3.8) is 0 Å². The van der Waals surface area contributed by atoms with Crippen molar-refractivity contribution in [2.75, 3.05) is 28.8 Å². The summed E-state index contributed by atoms with van der Waals surface area (Å²) in [6, 6.07) is 10.1. The highest BCUT2D eigenvalue weighted by molar-refractivity contribution is 5.98. The largest absolute Gasteiger partial charge is 0.343 e. The quantitative estimate of drug-likeness (QED) is 0.907. The van der Waals surface area contributed by atoms with Crippen molar-refractivity contribution in [3.05, 3.63) is 36.5 Å². The number of hydrogen-bond donors (Lipinski definition) is 1. The first kappa shape index (κ1) is 16.6. The van der Waals surface area contributed by atoms with Crippen LogP contribution in [0.5, 0.6) is 0 Å². The molecule has 1 aromatic heterocycles. The highest BCUT2D eigenvalue weighted by Crippen LogP contribution is 2.38. The summed E-state index contributed by atoms with van der Waals surface area (Å²) in [6.45, 7) is 2.62. The van der Waals surface area contributed by atoms with Crippen LogP contribution in [0.25, 0.3) is 0 Å². The number of hydrazine groups is 1. The molecule has 7 nitrogen and oxygen atoms in total. The minimum atomic E-state index is -0.0285. The van der Waals surface area contributed by atoms with Gasteiger partial charge in [0.15, 0.2) is 5.82 Å². The number of amides is 2. The fourth-order valence-electron chi connectivity index (χ4n) is 3.77. The van der Waals surface area contributed by atoms with Gasteiger partial charge in [-0.25, -0.2) is 14.8 Å². The number of para-hydroxylation sites is 1. The van der Waals surface area contributed by atoms with Crippen molar-refractivity contribution in [2.45, 2.75) is 38.6 Å². The van der Waals surface area contributed by atoms with E-state index < -0.39 is 0 Å². The van der Waals surface area contributed by atoms with Gasteiger partial charge in [0.25, 0.3) is 0 Å². The van der Waals surface area contributed by atoms with E-state index in [4.69, 9.17) is 4.98 Å². The number of fused-ring (bicyclic) bond motifs is 1. The molecule has 1 N–H and O–H groups in total. The maximum absolute atomic E-state index is 12.8. The number of carbonyl (C=O) groups is 1. The molecule has 1 aliphatic carbocycles. The summed E-state index contributed by atoms with van der Waals surface area (Å²) in [5, 5.41) is 7.16. The molecular weight excluding hydrogens is 328 g/mol. The van der Waals surface area contributed by atoms with Crippen LogP contribution in [0.1, 0.15) is 32.6 Å². The molecule has 2 heterocycles. The number of benzene rings is 1. The van der Waals surface area contributed by atoms with Crippen LogP contribution in [0.2, 0.25) is 0 Å². The molecule has 0 atom stereocenters. The summed E-state index contributed by atoms with van der Waals surface area (Å²) in [7, 11) is 1.78. The number of urea groups is 1. The van der Waals surface area contributed by atoms with Gasteiger partial charge in [0.1, 0.15) is 5.69 Å². The van der Waals surface area contributed by atoms with E-state index in [0.717, 1.165) is 30.0 Å². The Morgan fingerprint density at radius 3 is 2.62 bits per heavy atom. The van der Waals surface area contributed by atoms with Crippen LogP contribution in [0.4, 0.5) is 27.9 Å². The number of anilines is 4. The Morgan fingerprint density at radius 2 is 1.92 bits per heavy atom. The maximum Gasteiger partial charge on any atom is 0.343 e. The Morgan fingerprint density at radius 1 is 1.19 bits per heavy atom. The summed E-state index contributed by atoms with van der Waals surface area (Å²) >= 11 is 0. The van der Waals surface area contributed by atoms with E-state index in [1.165, 1.54) is 12.8 Å². The smallest absolute Gasteiger partial charge is 0.324 e. The lowest BCUT2D eigenvalue weighted by molar-refractivity contribution is 0.191.